The lowest BCUT2D eigenvalue weighted by Gasteiger charge is -2.41. The Kier molecular flexibility index (Phi) is 3.52. The molecule has 4 heterocycles. The molecule has 0 amide bonds. The number of aromatic nitrogens is 2. The molecule has 0 atom stereocenters. The van der Waals surface area contributed by atoms with Crippen molar-refractivity contribution in [2.24, 2.45) is 0 Å². The first-order valence-corrected chi connectivity index (χ1v) is 7.87. The third kappa shape index (κ3) is 2.63. The van der Waals surface area contributed by atoms with Crippen molar-refractivity contribution in [3.8, 4) is 0 Å². The number of nitrogens with one attached hydrogen (secondary N) is 1. The second-order valence-corrected chi connectivity index (χ2v) is 6.14. The predicted molar refractivity (Wildman–Crippen MR) is 78.4 cm³/mol. The van der Waals surface area contributed by atoms with Gasteiger partial charge in [0, 0.05) is 31.3 Å². The molecule has 0 aliphatic carbocycles. The largest absolute Gasteiger partial charge is 0.378 e. The molecule has 0 saturated carbocycles. The summed E-state index contributed by atoms with van der Waals surface area (Å²) >= 11 is 0. The number of fused-ring (bicyclic) bond motifs is 1. The van der Waals surface area contributed by atoms with Crippen molar-refractivity contribution < 1.29 is 9.47 Å². The summed E-state index contributed by atoms with van der Waals surface area (Å²) in [6.07, 6.45) is 5.01. The van der Waals surface area contributed by atoms with Gasteiger partial charge in [0.15, 0.2) is 0 Å². The lowest BCUT2D eigenvalue weighted by Crippen LogP contribution is -2.47. The van der Waals surface area contributed by atoms with E-state index in [2.05, 4.69) is 15.2 Å². The molecule has 2 fully saturated rings. The van der Waals surface area contributed by atoms with Crippen LogP contribution < -0.4 is 10.2 Å². The summed E-state index contributed by atoms with van der Waals surface area (Å²) in [6.45, 7) is 6.01. The Morgan fingerprint density at radius 2 is 2.00 bits per heavy atom. The number of rotatable bonds is 1. The van der Waals surface area contributed by atoms with Gasteiger partial charge in [0.05, 0.1) is 31.1 Å². The molecule has 6 heteroatoms. The molecule has 1 N–H and O–H groups in total. The third-order valence-corrected chi connectivity index (χ3v) is 4.77. The maximum atomic E-state index is 6.16. The van der Waals surface area contributed by atoms with Crippen molar-refractivity contribution in [2.45, 2.75) is 31.5 Å². The zero-order valence-electron chi connectivity index (χ0n) is 12.3. The lowest BCUT2D eigenvalue weighted by atomic mass is 9.84. The summed E-state index contributed by atoms with van der Waals surface area (Å²) in [6, 6.07) is 0. The van der Waals surface area contributed by atoms with E-state index in [0.717, 1.165) is 70.2 Å². The smallest absolute Gasteiger partial charge is 0.225 e. The molecule has 4 rings (SSSR count). The van der Waals surface area contributed by atoms with Crippen LogP contribution in [0.2, 0.25) is 0 Å². The molecule has 21 heavy (non-hydrogen) atoms. The monoisotopic (exact) mass is 290 g/mol. The molecular weight excluding hydrogens is 268 g/mol. The molecule has 3 aliphatic rings. The van der Waals surface area contributed by atoms with Crippen LogP contribution in [0.5, 0.6) is 0 Å². The highest BCUT2D eigenvalue weighted by Crippen LogP contribution is 2.34. The van der Waals surface area contributed by atoms with E-state index in [1.165, 1.54) is 5.69 Å². The number of morpholine rings is 1. The maximum absolute atomic E-state index is 6.16. The van der Waals surface area contributed by atoms with Crippen LogP contribution in [0.4, 0.5) is 5.95 Å². The van der Waals surface area contributed by atoms with Gasteiger partial charge in [-0.2, -0.15) is 0 Å². The summed E-state index contributed by atoms with van der Waals surface area (Å²) in [5.74, 6) is 0.850. The normalized spacial score (nSPS) is 24.9. The second kappa shape index (κ2) is 5.51. The van der Waals surface area contributed by atoms with Crippen LogP contribution in [-0.4, -0.2) is 55.0 Å². The fraction of sp³-hybridized carbons (Fsp3) is 0.733. The number of nitrogens with zero attached hydrogens (tertiary/aromatic N) is 3. The minimum Gasteiger partial charge on any atom is -0.378 e. The van der Waals surface area contributed by atoms with Gasteiger partial charge in [0.2, 0.25) is 5.95 Å². The first-order chi connectivity index (χ1) is 10.3. The van der Waals surface area contributed by atoms with Gasteiger partial charge in [-0.25, -0.2) is 9.97 Å². The van der Waals surface area contributed by atoms with Gasteiger partial charge in [-0.15, -0.1) is 0 Å². The first kappa shape index (κ1) is 13.4. The number of anilines is 1. The Morgan fingerprint density at radius 3 is 2.81 bits per heavy atom. The first-order valence-electron chi connectivity index (χ1n) is 7.87. The molecule has 1 spiro atoms. The Labute approximate surface area is 124 Å². The van der Waals surface area contributed by atoms with Crippen molar-refractivity contribution in [3.05, 3.63) is 17.5 Å². The van der Waals surface area contributed by atoms with E-state index in [0.29, 0.717) is 6.61 Å². The molecule has 0 aromatic carbocycles. The molecule has 2 saturated heterocycles. The van der Waals surface area contributed by atoms with E-state index >= 15 is 0 Å². The second-order valence-electron chi connectivity index (χ2n) is 6.14. The predicted octanol–water partition coefficient (Wildman–Crippen LogP) is 0.508. The fourth-order valence-corrected chi connectivity index (χ4v) is 3.41. The SMILES string of the molecule is c1nc(N2CCOCC2)nc2c1COC1(CCNCC1)C2. The average Bonchev–Trinajstić information content (AvgIpc) is 2.56. The van der Waals surface area contributed by atoms with Gasteiger partial charge in [-0.1, -0.05) is 0 Å². The van der Waals surface area contributed by atoms with E-state index in [-0.39, 0.29) is 5.60 Å². The zero-order chi connectivity index (χ0) is 14.1. The van der Waals surface area contributed by atoms with Crippen LogP contribution >= 0.6 is 0 Å². The molecule has 0 unspecified atom stereocenters. The lowest BCUT2D eigenvalue weighted by molar-refractivity contribution is -0.0867. The molecule has 6 nitrogen and oxygen atoms in total. The summed E-state index contributed by atoms with van der Waals surface area (Å²) in [7, 11) is 0. The average molecular weight is 290 g/mol. The van der Waals surface area contributed by atoms with Crippen LogP contribution in [0.1, 0.15) is 24.1 Å². The number of hydrogen-bond donors (Lipinski definition) is 1. The topological polar surface area (TPSA) is 59.5 Å². The van der Waals surface area contributed by atoms with Gasteiger partial charge in [0.1, 0.15) is 0 Å². The highest BCUT2D eigenvalue weighted by atomic mass is 16.5. The minimum atomic E-state index is -0.00508. The standard InChI is InChI=1S/C15H22N4O2/c1-3-16-4-2-15(1)9-13-12(11-21-15)10-17-14(18-13)19-5-7-20-8-6-19/h10,16H,1-9,11H2. The summed E-state index contributed by atoms with van der Waals surface area (Å²) in [5, 5.41) is 3.41. The number of piperidine rings is 1. The zero-order valence-corrected chi connectivity index (χ0v) is 12.3. The molecular formula is C15H22N4O2. The maximum Gasteiger partial charge on any atom is 0.225 e. The minimum absolute atomic E-state index is 0.00508. The highest BCUT2D eigenvalue weighted by Gasteiger charge is 2.37. The van der Waals surface area contributed by atoms with Gasteiger partial charge < -0.3 is 19.7 Å². The number of ether oxygens (including phenoxy) is 2. The van der Waals surface area contributed by atoms with Crippen LogP contribution in [0.3, 0.4) is 0 Å². The van der Waals surface area contributed by atoms with Gasteiger partial charge in [0.25, 0.3) is 0 Å². The van der Waals surface area contributed by atoms with E-state index < -0.39 is 0 Å². The Bertz CT molecular complexity index is 510. The molecule has 114 valence electrons. The third-order valence-electron chi connectivity index (χ3n) is 4.77. The summed E-state index contributed by atoms with van der Waals surface area (Å²) in [5.41, 5.74) is 2.32. The van der Waals surface area contributed by atoms with Crippen molar-refractivity contribution in [1.82, 2.24) is 15.3 Å². The molecule has 1 aromatic heterocycles. The highest BCUT2D eigenvalue weighted by molar-refractivity contribution is 5.35. The summed E-state index contributed by atoms with van der Waals surface area (Å²) in [4.78, 5) is 11.6. The molecule has 0 bridgehead atoms. The van der Waals surface area contributed by atoms with E-state index in [4.69, 9.17) is 14.5 Å². The molecule has 1 aromatic rings. The quantitative estimate of drug-likeness (QED) is 0.813. The van der Waals surface area contributed by atoms with Crippen LogP contribution in [0, 0.1) is 0 Å². The Balaban J connectivity index is 1.57. The molecule has 0 radical (unpaired) electrons. The van der Waals surface area contributed by atoms with Crippen molar-refractivity contribution >= 4 is 5.95 Å². The fourth-order valence-electron chi connectivity index (χ4n) is 3.41. The van der Waals surface area contributed by atoms with Crippen molar-refractivity contribution in [1.29, 1.82) is 0 Å². The van der Waals surface area contributed by atoms with Crippen molar-refractivity contribution in [3.63, 3.8) is 0 Å². The van der Waals surface area contributed by atoms with Crippen LogP contribution in [-0.2, 0) is 22.5 Å². The van der Waals surface area contributed by atoms with Crippen LogP contribution in [0.15, 0.2) is 6.20 Å². The van der Waals surface area contributed by atoms with E-state index in [9.17, 15) is 0 Å². The van der Waals surface area contributed by atoms with Gasteiger partial charge in [-0.05, 0) is 25.9 Å². The van der Waals surface area contributed by atoms with Gasteiger partial charge in [-0.3, -0.25) is 0 Å². The van der Waals surface area contributed by atoms with E-state index in [1.54, 1.807) is 0 Å². The van der Waals surface area contributed by atoms with Crippen molar-refractivity contribution in [2.75, 3.05) is 44.3 Å². The Morgan fingerprint density at radius 1 is 1.19 bits per heavy atom. The van der Waals surface area contributed by atoms with Gasteiger partial charge >= 0.3 is 0 Å². The molecule has 3 aliphatic heterocycles. The number of hydrogen-bond acceptors (Lipinski definition) is 6. The van der Waals surface area contributed by atoms with Crippen LogP contribution in [0.25, 0.3) is 0 Å². The summed E-state index contributed by atoms with van der Waals surface area (Å²) < 4.78 is 11.6. The van der Waals surface area contributed by atoms with E-state index in [1.807, 2.05) is 6.20 Å². The Hall–Kier alpha value is -1.24.